The van der Waals surface area contributed by atoms with Crippen molar-refractivity contribution in [2.24, 2.45) is 0 Å². The Bertz CT molecular complexity index is 783. The van der Waals surface area contributed by atoms with E-state index < -0.39 is 0 Å². The minimum Gasteiger partial charge on any atom is -0.462 e. The summed E-state index contributed by atoms with van der Waals surface area (Å²) in [4.78, 5) is 23.6. The van der Waals surface area contributed by atoms with Gasteiger partial charge in [0.05, 0.1) is 17.9 Å². The van der Waals surface area contributed by atoms with Gasteiger partial charge in [0.25, 0.3) is 0 Å². The number of hydrogen-bond donors (Lipinski definition) is 2. The average Bonchev–Trinajstić information content (AvgIpc) is 2.90. The number of benzene rings is 1. The minimum atomic E-state index is -0.383. The Balaban J connectivity index is 2.59. The summed E-state index contributed by atoms with van der Waals surface area (Å²) in [5.41, 5.74) is 1.13. The maximum absolute atomic E-state index is 11.8. The minimum absolute atomic E-state index is 0.216. The highest BCUT2D eigenvalue weighted by Gasteiger charge is 2.15. The van der Waals surface area contributed by atoms with Crippen molar-refractivity contribution in [3.63, 3.8) is 0 Å². The van der Waals surface area contributed by atoms with E-state index >= 15 is 0 Å². The van der Waals surface area contributed by atoms with Crippen molar-refractivity contribution in [2.45, 2.75) is 13.8 Å². The molecule has 0 saturated carbocycles. The number of aliphatic hydroxyl groups excluding tert-OH is 1. The number of carbonyl (C=O) groups is 2. The van der Waals surface area contributed by atoms with E-state index in [0.29, 0.717) is 22.7 Å². The van der Waals surface area contributed by atoms with Crippen LogP contribution in [-0.2, 0) is 9.53 Å². The summed E-state index contributed by atoms with van der Waals surface area (Å²) in [6.45, 7) is 3.18. The molecule has 2 N–H and O–H groups in total. The predicted molar refractivity (Wildman–Crippen MR) is 86.0 cm³/mol. The van der Waals surface area contributed by atoms with Crippen molar-refractivity contribution in [3.05, 3.63) is 28.6 Å². The molecule has 0 aliphatic heterocycles. The zero-order valence-electron chi connectivity index (χ0n) is 12.2. The van der Waals surface area contributed by atoms with E-state index in [2.05, 4.69) is 17.2 Å². The van der Waals surface area contributed by atoms with Crippen LogP contribution < -0.4 is 5.32 Å². The quantitative estimate of drug-likeness (QED) is 0.673. The van der Waals surface area contributed by atoms with E-state index in [1.807, 2.05) is 6.07 Å². The number of esters is 1. The Hall–Kier alpha value is -2.36. The molecule has 0 radical (unpaired) electrons. The molecule has 1 heterocycles. The topological polar surface area (TPSA) is 75.6 Å². The molecule has 0 saturated heterocycles. The summed E-state index contributed by atoms with van der Waals surface area (Å²) in [5, 5.41) is 12.4. The van der Waals surface area contributed by atoms with Gasteiger partial charge in [0.1, 0.15) is 11.5 Å². The summed E-state index contributed by atoms with van der Waals surface area (Å²) in [7, 11) is 0. The molecule has 0 spiro atoms. The second kappa shape index (κ2) is 7.07. The molecule has 0 fully saturated rings. The molecule has 0 atom stereocenters. The second-order valence-electron chi connectivity index (χ2n) is 4.37. The van der Waals surface area contributed by atoms with Crippen LogP contribution in [0.1, 0.15) is 29.1 Å². The number of anilines is 1. The summed E-state index contributed by atoms with van der Waals surface area (Å²) < 4.78 is 5.86. The van der Waals surface area contributed by atoms with Gasteiger partial charge in [-0.1, -0.05) is 11.8 Å². The van der Waals surface area contributed by atoms with E-state index in [0.717, 1.165) is 10.1 Å². The lowest BCUT2D eigenvalue weighted by atomic mass is 10.1. The summed E-state index contributed by atoms with van der Waals surface area (Å²) in [5.74, 6) is 4.81. The van der Waals surface area contributed by atoms with Crippen LogP contribution in [-0.4, -0.2) is 30.2 Å². The van der Waals surface area contributed by atoms with Crippen molar-refractivity contribution < 1.29 is 19.4 Å². The van der Waals surface area contributed by atoms with Gasteiger partial charge >= 0.3 is 5.97 Å². The van der Waals surface area contributed by atoms with Crippen molar-refractivity contribution in [3.8, 4) is 11.8 Å². The van der Waals surface area contributed by atoms with Gasteiger partial charge in [-0.15, -0.1) is 11.3 Å². The van der Waals surface area contributed by atoms with Crippen LogP contribution in [0.3, 0.4) is 0 Å². The molecule has 114 valence electrons. The molecule has 0 aliphatic carbocycles. The largest absolute Gasteiger partial charge is 0.462 e. The number of ether oxygens (including phenoxy) is 1. The van der Waals surface area contributed by atoms with Crippen molar-refractivity contribution in [1.29, 1.82) is 0 Å². The maximum atomic E-state index is 11.8. The molecule has 2 rings (SSSR count). The molecule has 1 amide bonds. The first-order valence-corrected chi connectivity index (χ1v) is 7.49. The summed E-state index contributed by atoms with van der Waals surface area (Å²) in [6.07, 6.45) is 0. The highest BCUT2D eigenvalue weighted by atomic mass is 32.1. The summed E-state index contributed by atoms with van der Waals surface area (Å²) in [6, 6.07) is 5.25. The SMILES string of the molecule is CCOC(=O)c1cc2c(C#CCO)c(NC(C)=O)ccc2s1. The van der Waals surface area contributed by atoms with Crippen LogP contribution in [0.15, 0.2) is 18.2 Å². The smallest absolute Gasteiger partial charge is 0.348 e. The fourth-order valence-electron chi connectivity index (χ4n) is 1.97. The standard InChI is InChI=1S/C16H15NO4S/c1-3-21-16(20)15-9-12-11(5-4-8-18)13(17-10(2)19)6-7-14(12)22-15/h6-7,9,18H,3,8H2,1-2H3,(H,17,19). The van der Waals surface area contributed by atoms with Crippen LogP contribution in [0.25, 0.3) is 10.1 Å². The van der Waals surface area contributed by atoms with Gasteiger partial charge in [-0.3, -0.25) is 4.79 Å². The normalized spacial score (nSPS) is 9.95. The molecule has 0 unspecified atom stereocenters. The van der Waals surface area contributed by atoms with Gasteiger partial charge in [-0.25, -0.2) is 4.79 Å². The van der Waals surface area contributed by atoms with Crippen LogP contribution >= 0.6 is 11.3 Å². The fourth-order valence-corrected chi connectivity index (χ4v) is 2.93. The van der Waals surface area contributed by atoms with Gasteiger partial charge in [0.2, 0.25) is 5.91 Å². The van der Waals surface area contributed by atoms with Crippen LogP contribution in [0, 0.1) is 11.8 Å². The Kier molecular flexibility index (Phi) is 5.15. The van der Waals surface area contributed by atoms with Gasteiger partial charge in [-0.2, -0.15) is 0 Å². The second-order valence-corrected chi connectivity index (χ2v) is 5.46. The van der Waals surface area contributed by atoms with E-state index in [-0.39, 0.29) is 18.5 Å². The Morgan fingerprint density at radius 3 is 2.82 bits per heavy atom. The molecule has 0 bridgehead atoms. The molecule has 22 heavy (non-hydrogen) atoms. The molecule has 0 aliphatic rings. The van der Waals surface area contributed by atoms with Crippen molar-refractivity contribution >= 4 is 39.0 Å². The highest BCUT2D eigenvalue weighted by Crippen LogP contribution is 2.32. The molecule has 1 aromatic carbocycles. The van der Waals surface area contributed by atoms with E-state index in [1.54, 1.807) is 19.1 Å². The molecule has 1 aromatic heterocycles. The van der Waals surface area contributed by atoms with Crippen molar-refractivity contribution in [1.82, 2.24) is 0 Å². The van der Waals surface area contributed by atoms with Gasteiger partial charge in [-0.05, 0) is 25.1 Å². The van der Waals surface area contributed by atoms with Crippen molar-refractivity contribution in [2.75, 3.05) is 18.5 Å². The average molecular weight is 317 g/mol. The lowest BCUT2D eigenvalue weighted by Crippen LogP contribution is -2.07. The maximum Gasteiger partial charge on any atom is 0.348 e. The number of hydrogen-bond acceptors (Lipinski definition) is 5. The van der Waals surface area contributed by atoms with E-state index in [9.17, 15) is 9.59 Å². The third kappa shape index (κ3) is 3.45. The van der Waals surface area contributed by atoms with E-state index in [4.69, 9.17) is 9.84 Å². The molecular formula is C16H15NO4S. The zero-order valence-corrected chi connectivity index (χ0v) is 13.0. The number of nitrogens with one attached hydrogen (secondary N) is 1. The molecule has 6 heteroatoms. The van der Waals surface area contributed by atoms with E-state index in [1.165, 1.54) is 18.3 Å². The lowest BCUT2D eigenvalue weighted by Gasteiger charge is -2.06. The first kappa shape index (κ1) is 16.0. The Morgan fingerprint density at radius 1 is 1.41 bits per heavy atom. The Morgan fingerprint density at radius 2 is 2.18 bits per heavy atom. The van der Waals surface area contributed by atoms with Crippen LogP contribution in [0.4, 0.5) is 5.69 Å². The number of fused-ring (bicyclic) bond motifs is 1. The molecule has 5 nitrogen and oxygen atoms in total. The number of aliphatic hydroxyl groups is 1. The number of rotatable bonds is 3. The number of carbonyl (C=O) groups excluding carboxylic acids is 2. The Labute approximate surface area is 131 Å². The first-order chi connectivity index (χ1) is 10.6. The molecular weight excluding hydrogens is 302 g/mol. The third-order valence-electron chi connectivity index (χ3n) is 2.78. The van der Waals surface area contributed by atoms with Gasteiger partial charge < -0.3 is 15.2 Å². The van der Waals surface area contributed by atoms with Gasteiger partial charge in [0.15, 0.2) is 0 Å². The summed E-state index contributed by atoms with van der Waals surface area (Å²) >= 11 is 1.30. The highest BCUT2D eigenvalue weighted by molar-refractivity contribution is 7.20. The fraction of sp³-hybridized carbons (Fsp3) is 0.250. The lowest BCUT2D eigenvalue weighted by molar-refractivity contribution is -0.114. The molecule has 2 aromatic rings. The van der Waals surface area contributed by atoms with Crippen LogP contribution in [0.5, 0.6) is 0 Å². The predicted octanol–water partition coefficient (Wildman–Crippen LogP) is 2.38. The number of amides is 1. The van der Waals surface area contributed by atoms with Gasteiger partial charge in [0, 0.05) is 17.0 Å². The first-order valence-electron chi connectivity index (χ1n) is 6.67. The monoisotopic (exact) mass is 317 g/mol. The third-order valence-corrected chi connectivity index (χ3v) is 3.86. The number of thiophene rings is 1. The zero-order chi connectivity index (χ0) is 16.1. The van der Waals surface area contributed by atoms with Crippen LogP contribution in [0.2, 0.25) is 0 Å².